The number of esters is 1. The molecule has 0 amide bonds. The van der Waals surface area contributed by atoms with Crippen LogP contribution in [-0.4, -0.2) is 81.2 Å². The number of carbonyl (C=O) groups is 1. The predicted octanol–water partition coefficient (Wildman–Crippen LogP) is 1.49. The molecule has 0 heterocycles. The fourth-order valence-electron chi connectivity index (χ4n) is 1.68. The van der Waals surface area contributed by atoms with E-state index in [1.54, 1.807) is 0 Å². The van der Waals surface area contributed by atoms with Crippen molar-refractivity contribution in [1.29, 1.82) is 0 Å². The van der Waals surface area contributed by atoms with Crippen molar-refractivity contribution in [1.82, 2.24) is 0 Å². The van der Waals surface area contributed by atoms with Crippen LogP contribution in [0.5, 0.6) is 0 Å². The standard InChI is InChI=1S/C15H30O5S3/c1-14(2,3)20-13(19)15(10-21-7-4-16,11-22-8-5-17)12-23-9-6-18/h16-18H,4-12H2,1-3H3. The van der Waals surface area contributed by atoms with E-state index in [9.17, 15) is 4.79 Å². The Morgan fingerprint density at radius 1 is 0.826 bits per heavy atom. The van der Waals surface area contributed by atoms with Gasteiger partial charge in [0, 0.05) is 34.5 Å². The van der Waals surface area contributed by atoms with Crippen LogP contribution in [0.1, 0.15) is 20.8 Å². The zero-order valence-corrected chi connectivity index (χ0v) is 16.7. The van der Waals surface area contributed by atoms with Gasteiger partial charge in [-0.3, -0.25) is 4.79 Å². The number of carbonyl (C=O) groups excluding carboxylic acids is 1. The first kappa shape index (κ1) is 23.4. The summed E-state index contributed by atoms with van der Waals surface area (Å²) in [5, 5.41) is 27.0. The minimum absolute atomic E-state index is 0.0721. The predicted molar refractivity (Wildman–Crippen MR) is 102 cm³/mol. The number of rotatable bonds is 13. The maximum absolute atomic E-state index is 12.8. The van der Waals surface area contributed by atoms with Gasteiger partial charge in [-0.25, -0.2) is 0 Å². The summed E-state index contributed by atoms with van der Waals surface area (Å²) >= 11 is 4.58. The summed E-state index contributed by atoms with van der Waals surface area (Å²) in [6.07, 6.45) is 0. The van der Waals surface area contributed by atoms with Crippen molar-refractivity contribution in [2.45, 2.75) is 26.4 Å². The molecule has 0 radical (unpaired) electrons. The van der Waals surface area contributed by atoms with Crippen LogP contribution >= 0.6 is 35.3 Å². The van der Waals surface area contributed by atoms with Crippen molar-refractivity contribution in [2.24, 2.45) is 5.41 Å². The Kier molecular flexibility index (Phi) is 12.9. The first-order valence-corrected chi connectivity index (χ1v) is 11.1. The molecule has 0 rings (SSSR count). The topological polar surface area (TPSA) is 87.0 Å². The Bertz CT molecular complexity index is 294. The third-order valence-corrected chi connectivity index (χ3v) is 6.36. The van der Waals surface area contributed by atoms with Crippen LogP contribution in [0.2, 0.25) is 0 Å². The van der Waals surface area contributed by atoms with Crippen molar-refractivity contribution in [3.63, 3.8) is 0 Å². The summed E-state index contributed by atoms with van der Waals surface area (Å²) in [5.41, 5.74) is -1.25. The fourth-order valence-corrected chi connectivity index (χ4v) is 5.03. The average molecular weight is 387 g/mol. The van der Waals surface area contributed by atoms with Crippen LogP contribution < -0.4 is 0 Å². The van der Waals surface area contributed by atoms with Crippen LogP contribution in [0.25, 0.3) is 0 Å². The van der Waals surface area contributed by atoms with E-state index in [2.05, 4.69) is 0 Å². The summed E-state index contributed by atoms with van der Waals surface area (Å²) in [6, 6.07) is 0. The molecule has 3 N–H and O–H groups in total. The third-order valence-electron chi connectivity index (χ3n) is 2.67. The highest BCUT2D eigenvalue weighted by Gasteiger charge is 2.41. The molecule has 0 aromatic rings. The van der Waals surface area contributed by atoms with Gasteiger partial charge in [0.2, 0.25) is 0 Å². The van der Waals surface area contributed by atoms with Crippen LogP contribution in [0.4, 0.5) is 0 Å². The molecule has 0 atom stereocenters. The Morgan fingerprint density at radius 3 is 1.43 bits per heavy atom. The van der Waals surface area contributed by atoms with Crippen LogP contribution in [0, 0.1) is 5.41 Å². The Balaban J connectivity index is 5.10. The second-order valence-corrected chi connectivity index (χ2v) is 9.43. The lowest BCUT2D eigenvalue weighted by molar-refractivity contribution is -0.163. The highest BCUT2D eigenvalue weighted by atomic mass is 32.2. The smallest absolute Gasteiger partial charge is 0.315 e. The van der Waals surface area contributed by atoms with Gasteiger partial charge >= 0.3 is 5.97 Å². The third kappa shape index (κ3) is 10.8. The van der Waals surface area contributed by atoms with Gasteiger partial charge in [-0.1, -0.05) is 0 Å². The number of aliphatic hydroxyl groups excluding tert-OH is 3. The molecule has 5 nitrogen and oxygen atoms in total. The molecule has 0 aromatic heterocycles. The van der Waals surface area contributed by atoms with Crippen molar-refractivity contribution < 1.29 is 24.9 Å². The van der Waals surface area contributed by atoms with E-state index in [4.69, 9.17) is 20.1 Å². The minimum atomic E-state index is -0.688. The molecule has 0 aliphatic carbocycles. The lowest BCUT2D eigenvalue weighted by Gasteiger charge is -2.34. The van der Waals surface area contributed by atoms with Crippen LogP contribution in [-0.2, 0) is 9.53 Å². The number of hydrogen-bond acceptors (Lipinski definition) is 8. The SMILES string of the molecule is CC(C)(C)OC(=O)C(CSCCO)(CSCCO)CSCCO. The Morgan fingerprint density at radius 2 is 1.17 bits per heavy atom. The zero-order valence-electron chi connectivity index (χ0n) is 14.2. The van der Waals surface area contributed by atoms with E-state index in [0.29, 0.717) is 34.5 Å². The number of thioether (sulfide) groups is 3. The van der Waals surface area contributed by atoms with E-state index >= 15 is 0 Å². The largest absolute Gasteiger partial charge is 0.459 e. The summed E-state index contributed by atoms with van der Waals surface area (Å²) < 4.78 is 5.63. The quantitative estimate of drug-likeness (QED) is 0.324. The van der Waals surface area contributed by atoms with Gasteiger partial charge in [0.1, 0.15) is 5.60 Å². The van der Waals surface area contributed by atoms with Gasteiger partial charge in [-0.2, -0.15) is 35.3 Å². The summed E-state index contributed by atoms with van der Waals surface area (Å²) in [5.74, 6) is 3.13. The van der Waals surface area contributed by atoms with Crippen LogP contribution in [0.3, 0.4) is 0 Å². The van der Waals surface area contributed by atoms with Gasteiger partial charge in [-0.15, -0.1) is 0 Å². The minimum Gasteiger partial charge on any atom is -0.459 e. The van der Waals surface area contributed by atoms with Crippen molar-refractivity contribution in [3.8, 4) is 0 Å². The number of hydrogen-bond donors (Lipinski definition) is 3. The van der Waals surface area contributed by atoms with Gasteiger partial charge < -0.3 is 20.1 Å². The highest BCUT2D eigenvalue weighted by Crippen LogP contribution is 2.34. The molecule has 0 aliphatic heterocycles. The van der Waals surface area contributed by atoms with Gasteiger partial charge in [-0.05, 0) is 20.8 Å². The first-order chi connectivity index (χ1) is 10.8. The van der Waals surface area contributed by atoms with Crippen molar-refractivity contribution in [3.05, 3.63) is 0 Å². The molecular formula is C15H30O5S3. The summed E-state index contributed by atoms with van der Waals surface area (Å²) in [6.45, 7) is 5.75. The normalized spacial score (nSPS) is 12.4. The molecule has 0 aliphatic rings. The van der Waals surface area contributed by atoms with Gasteiger partial charge in [0.05, 0.1) is 25.2 Å². The number of ether oxygens (including phenoxy) is 1. The number of aliphatic hydroxyl groups is 3. The second kappa shape index (κ2) is 12.7. The van der Waals surface area contributed by atoms with E-state index < -0.39 is 11.0 Å². The molecule has 138 valence electrons. The monoisotopic (exact) mass is 386 g/mol. The van der Waals surface area contributed by atoms with E-state index in [1.807, 2.05) is 20.8 Å². The van der Waals surface area contributed by atoms with Crippen molar-refractivity contribution >= 4 is 41.3 Å². The lowest BCUT2D eigenvalue weighted by Crippen LogP contribution is -2.44. The molecule has 23 heavy (non-hydrogen) atoms. The zero-order chi connectivity index (χ0) is 17.8. The van der Waals surface area contributed by atoms with Crippen LogP contribution in [0.15, 0.2) is 0 Å². The molecule has 0 spiro atoms. The molecule has 0 saturated carbocycles. The summed E-state index contributed by atoms with van der Waals surface area (Å²) in [7, 11) is 0. The average Bonchev–Trinajstić information content (AvgIpc) is 2.45. The summed E-state index contributed by atoms with van der Waals surface area (Å²) in [4.78, 5) is 12.8. The first-order valence-electron chi connectivity index (χ1n) is 7.60. The molecule has 0 aromatic carbocycles. The highest BCUT2D eigenvalue weighted by molar-refractivity contribution is 8.01. The van der Waals surface area contributed by atoms with E-state index in [-0.39, 0.29) is 25.8 Å². The van der Waals surface area contributed by atoms with E-state index in [1.165, 1.54) is 35.3 Å². The molecule has 0 fully saturated rings. The van der Waals surface area contributed by atoms with Gasteiger partial charge in [0.25, 0.3) is 0 Å². The molecule has 0 bridgehead atoms. The molecule has 0 unspecified atom stereocenters. The molecular weight excluding hydrogens is 356 g/mol. The second-order valence-electron chi connectivity index (χ2n) is 6.11. The maximum Gasteiger partial charge on any atom is 0.315 e. The molecule has 8 heteroatoms. The van der Waals surface area contributed by atoms with Gasteiger partial charge in [0.15, 0.2) is 0 Å². The Labute approximate surface area is 152 Å². The van der Waals surface area contributed by atoms with Crippen molar-refractivity contribution in [2.75, 3.05) is 54.3 Å². The fraction of sp³-hybridized carbons (Fsp3) is 0.933. The lowest BCUT2D eigenvalue weighted by atomic mass is 9.95. The molecule has 0 saturated heterocycles. The Hall–Kier alpha value is 0.400. The maximum atomic E-state index is 12.8. The van der Waals surface area contributed by atoms with E-state index in [0.717, 1.165) is 0 Å².